The zero-order valence-electron chi connectivity index (χ0n) is 11.6. The van der Waals surface area contributed by atoms with Crippen LogP contribution < -0.4 is 11.1 Å². The molecule has 0 radical (unpaired) electrons. The number of ether oxygens (including phenoxy) is 1. The molecule has 110 valence electrons. The summed E-state index contributed by atoms with van der Waals surface area (Å²) >= 11 is 0. The van der Waals surface area contributed by atoms with E-state index >= 15 is 0 Å². The molecule has 3 N–H and O–H groups in total. The lowest BCUT2D eigenvalue weighted by Gasteiger charge is -2.29. The third-order valence-corrected chi connectivity index (χ3v) is 3.20. The monoisotopic (exact) mass is 281 g/mol. The van der Waals surface area contributed by atoms with Gasteiger partial charge >= 0.3 is 0 Å². The van der Waals surface area contributed by atoms with E-state index in [1.807, 2.05) is 6.92 Å². The van der Waals surface area contributed by atoms with Gasteiger partial charge in [0.05, 0.1) is 13.2 Å². The van der Waals surface area contributed by atoms with Gasteiger partial charge in [0.2, 0.25) is 0 Å². The number of carbonyl (C=O) groups excluding carboxylic acids is 1. The Morgan fingerprint density at radius 3 is 2.80 bits per heavy atom. The molecule has 1 aromatic rings. The molecular weight excluding hydrogens is 261 g/mol. The Bertz CT molecular complexity index is 455. The summed E-state index contributed by atoms with van der Waals surface area (Å²) in [5.74, 6) is -0.812. The lowest BCUT2D eigenvalue weighted by Crippen LogP contribution is -2.46. The van der Waals surface area contributed by atoms with Crippen LogP contribution in [0, 0.1) is 5.82 Å². The summed E-state index contributed by atoms with van der Waals surface area (Å²) in [6.07, 6.45) is 0. The Labute approximate surface area is 117 Å². The fourth-order valence-electron chi connectivity index (χ4n) is 2.27. The summed E-state index contributed by atoms with van der Waals surface area (Å²) in [4.78, 5) is 14.3. The Morgan fingerprint density at radius 2 is 2.15 bits per heavy atom. The summed E-state index contributed by atoms with van der Waals surface area (Å²) in [7, 11) is 0. The molecule has 20 heavy (non-hydrogen) atoms. The third-order valence-electron chi connectivity index (χ3n) is 3.20. The highest BCUT2D eigenvalue weighted by molar-refractivity contribution is 5.95. The second-order valence-corrected chi connectivity index (χ2v) is 5.06. The molecule has 1 aromatic carbocycles. The van der Waals surface area contributed by atoms with Crippen molar-refractivity contribution in [2.45, 2.75) is 13.0 Å². The number of nitrogen functional groups attached to an aromatic ring is 1. The number of benzene rings is 1. The fourth-order valence-corrected chi connectivity index (χ4v) is 2.27. The molecular formula is C14H20FN3O2. The van der Waals surface area contributed by atoms with E-state index in [9.17, 15) is 9.18 Å². The van der Waals surface area contributed by atoms with Gasteiger partial charge in [-0.2, -0.15) is 0 Å². The molecule has 1 unspecified atom stereocenters. The minimum absolute atomic E-state index is 0.0231. The average Bonchev–Trinajstić information content (AvgIpc) is 2.38. The summed E-state index contributed by atoms with van der Waals surface area (Å²) in [6.45, 7) is 5.86. The first kappa shape index (κ1) is 14.7. The Hall–Kier alpha value is -1.66. The van der Waals surface area contributed by atoms with E-state index in [1.54, 1.807) is 0 Å². The molecule has 1 saturated heterocycles. The van der Waals surface area contributed by atoms with Crippen molar-refractivity contribution in [2.75, 3.05) is 38.6 Å². The lowest BCUT2D eigenvalue weighted by molar-refractivity contribution is 0.0342. The average molecular weight is 281 g/mol. The number of carbonyl (C=O) groups is 1. The van der Waals surface area contributed by atoms with Crippen LogP contribution >= 0.6 is 0 Å². The van der Waals surface area contributed by atoms with Crippen LogP contribution in [0.15, 0.2) is 18.2 Å². The van der Waals surface area contributed by atoms with Gasteiger partial charge in [-0.05, 0) is 25.1 Å². The molecule has 5 nitrogen and oxygen atoms in total. The SMILES string of the molecule is CC(CN1CCOCC1)NC(=O)c1cc(N)cc(F)c1. The van der Waals surface area contributed by atoms with E-state index in [2.05, 4.69) is 10.2 Å². The lowest BCUT2D eigenvalue weighted by atomic mass is 10.1. The van der Waals surface area contributed by atoms with Crippen molar-refractivity contribution in [3.05, 3.63) is 29.6 Å². The Morgan fingerprint density at radius 1 is 1.45 bits per heavy atom. The normalized spacial score (nSPS) is 17.7. The fraction of sp³-hybridized carbons (Fsp3) is 0.500. The quantitative estimate of drug-likeness (QED) is 0.803. The molecule has 1 amide bonds. The van der Waals surface area contributed by atoms with Crippen LogP contribution in [0.4, 0.5) is 10.1 Å². The van der Waals surface area contributed by atoms with Crippen molar-refractivity contribution in [1.29, 1.82) is 0 Å². The zero-order valence-corrected chi connectivity index (χ0v) is 11.6. The molecule has 6 heteroatoms. The van der Waals surface area contributed by atoms with Gasteiger partial charge in [0.1, 0.15) is 5.82 Å². The highest BCUT2D eigenvalue weighted by Gasteiger charge is 2.16. The van der Waals surface area contributed by atoms with Gasteiger partial charge in [-0.25, -0.2) is 4.39 Å². The zero-order chi connectivity index (χ0) is 14.5. The maximum absolute atomic E-state index is 13.2. The maximum atomic E-state index is 13.2. The van der Waals surface area contributed by atoms with Gasteiger partial charge in [-0.3, -0.25) is 9.69 Å². The number of nitrogens with two attached hydrogens (primary N) is 1. The number of hydrogen-bond donors (Lipinski definition) is 2. The predicted octanol–water partition coefficient (Wildman–Crippen LogP) is 0.858. The Balaban J connectivity index is 1.89. The number of rotatable bonds is 4. The number of halogens is 1. The van der Waals surface area contributed by atoms with E-state index in [4.69, 9.17) is 10.5 Å². The van der Waals surface area contributed by atoms with Crippen molar-refractivity contribution < 1.29 is 13.9 Å². The van der Waals surface area contributed by atoms with Crippen LogP contribution in [0.3, 0.4) is 0 Å². The minimum atomic E-state index is -0.504. The van der Waals surface area contributed by atoms with Gasteiger partial charge < -0.3 is 15.8 Å². The van der Waals surface area contributed by atoms with E-state index in [1.165, 1.54) is 18.2 Å². The van der Waals surface area contributed by atoms with Crippen LogP contribution in [0.1, 0.15) is 17.3 Å². The number of nitrogens with one attached hydrogen (secondary N) is 1. The van der Waals surface area contributed by atoms with Crippen molar-refractivity contribution in [1.82, 2.24) is 10.2 Å². The van der Waals surface area contributed by atoms with E-state index in [0.717, 1.165) is 32.8 Å². The molecule has 1 aliphatic heterocycles. The molecule has 1 aliphatic rings. The van der Waals surface area contributed by atoms with E-state index in [-0.39, 0.29) is 23.2 Å². The van der Waals surface area contributed by atoms with E-state index < -0.39 is 5.82 Å². The predicted molar refractivity (Wildman–Crippen MR) is 75.0 cm³/mol. The van der Waals surface area contributed by atoms with Gasteiger partial charge in [-0.15, -0.1) is 0 Å². The third kappa shape index (κ3) is 4.18. The second-order valence-electron chi connectivity index (χ2n) is 5.06. The van der Waals surface area contributed by atoms with Crippen molar-refractivity contribution in [2.24, 2.45) is 0 Å². The van der Waals surface area contributed by atoms with E-state index in [0.29, 0.717) is 0 Å². The van der Waals surface area contributed by atoms with Crippen LogP contribution in [0.25, 0.3) is 0 Å². The first-order valence-electron chi connectivity index (χ1n) is 6.71. The van der Waals surface area contributed by atoms with Crippen molar-refractivity contribution in [3.8, 4) is 0 Å². The highest BCUT2D eigenvalue weighted by atomic mass is 19.1. The smallest absolute Gasteiger partial charge is 0.251 e. The molecule has 0 aliphatic carbocycles. The standard InChI is InChI=1S/C14H20FN3O2/c1-10(9-18-2-4-20-5-3-18)17-14(19)11-6-12(15)8-13(16)7-11/h6-8,10H,2-5,9,16H2,1H3,(H,17,19). The van der Waals surface area contributed by atoms with Gasteiger partial charge in [0.25, 0.3) is 5.91 Å². The molecule has 1 atom stereocenters. The topological polar surface area (TPSA) is 67.6 Å². The molecule has 0 aromatic heterocycles. The maximum Gasteiger partial charge on any atom is 0.251 e. The number of hydrogen-bond acceptors (Lipinski definition) is 4. The largest absolute Gasteiger partial charge is 0.399 e. The van der Waals surface area contributed by atoms with Crippen molar-refractivity contribution >= 4 is 11.6 Å². The summed E-state index contributed by atoms with van der Waals surface area (Å²) < 4.78 is 18.5. The van der Waals surface area contributed by atoms with Crippen LogP contribution in [0.2, 0.25) is 0 Å². The molecule has 0 spiro atoms. The summed E-state index contributed by atoms with van der Waals surface area (Å²) in [6, 6.07) is 3.83. The summed E-state index contributed by atoms with van der Waals surface area (Å²) in [5, 5.41) is 2.85. The molecule has 0 bridgehead atoms. The first-order chi connectivity index (χ1) is 9.54. The van der Waals surface area contributed by atoms with Gasteiger partial charge in [0.15, 0.2) is 0 Å². The highest BCUT2D eigenvalue weighted by Crippen LogP contribution is 2.11. The number of amides is 1. The molecule has 1 fully saturated rings. The van der Waals surface area contributed by atoms with Crippen LogP contribution in [0.5, 0.6) is 0 Å². The molecule has 0 saturated carbocycles. The molecule has 2 rings (SSSR count). The van der Waals surface area contributed by atoms with Gasteiger partial charge in [-0.1, -0.05) is 0 Å². The second kappa shape index (κ2) is 6.67. The number of nitrogens with zero attached hydrogens (tertiary/aromatic N) is 1. The van der Waals surface area contributed by atoms with Crippen LogP contribution in [-0.4, -0.2) is 49.7 Å². The van der Waals surface area contributed by atoms with Crippen LogP contribution in [-0.2, 0) is 4.74 Å². The first-order valence-corrected chi connectivity index (χ1v) is 6.71. The number of anilines is 1. The molecule has 1 heterocycles. The summed E-state index contributed by atoms with van der Waals surface area (Å²) in [5.41, 5.74) is 6.03. The Kier molecular flexibility index (Phi) is 4.92. The minimum Gasteiger partial charge on any atom is -0.399 e. The van der Waals surface area contributed by atoms with Crippen molar-refractivity contribution in [3.63, 3.8) is 0 Å². The van der Waals surface area contributed by atoms with Gasteiger partial charge in [0, 0.05) is 36.9 Å². The number of morpholine rings is 1.